The Kier molecular flexibility index (Phi) is 5.37. The monoisotopic (exact) mass is 395 g/mol. The highest BCUT2D eigenvalue weighted by atomic mass is 32.2. The number of rotatable bonds is 4. The Morgan fingerprint density at radius 2 is 1.88 bits per heavy atom. The predicted octanol–water partition coefficient (Wildman–Crippen LogP) is 3.51. The van der Waals surface area contributed by atoms with Gasteiger partial charge < -0.3 is 5.32 Å². The van der Waals surface area contributed by atoms with Crippen LogP contribution in [-0.2, 0) is 14.8 Å². The number of anilines is 1. The third kappa shape index (κ3) is 4.24. The zero-order valence-corrected chi connectivity index (χ0v) is 16.9. The van der Waals surface area contributed by atoms with Gasteiger partial charge >= 0.3 is 0 Å². The van der Waals surface area contributed by atoms with E-state index in [-0.39, 0.29) is 17.9 Å². The summed E-state index contributed by atoms with van der Waals surface area (Å²) in [5.74, 6) is -0.0896. The van der Waals surface area contributed by atoms with Gasteiger partial charge in [0, 0.05) is 17.6 Å². The highest BCUT2D eigenvalue weighted by molar-refractivity contribution is 7.90. The van der Waals surface area contributed by atoms with Crippen molar-refractivity contribution in [3.05, 3.63) is 23.7 Å². The van der Waals surface area contributed by atoms with E-state index in [0.717, 1.165) is 15.9 Å². The summed E-state index contributed by atoms with van der Waals surface area (Å²) in [6, 6.07) is 5.64. The maximum Gasteiger partial charge on any atom is 0.227 e. The number of benzene rings is 1. The molecule has 0 spiro atoms. The van der Waals surface area contributed by atoms with Gasteiger partial charge in [-0.05, 0) is 64.7 Å². The van der Waals surface area contributed by atoms with Gasteiger partial charge in [-0.25, -0.2) is 18.1 Å². The number of nitrogens with one attached hydrogen (secondary N) is 2. The number of nitrogens with zero attached hydrogens (tertiary/aromatic N) is 1. The van der Waals surface area contributed by atoms with Gasteiger partial charge in [0.05, 0.1) is 20.5 Å². The number of amides is 1. The van der Waals surface area contributed by atoms with Crippen molar-refractivity contribution >= 4 is 43.2 Å². The third-order valence-corrected chi connectivity index (χ3v) is 7.89. The van der Waals surface area contributed by atoms with Gasteiger partial charge in [0.2, 0.25) is 15.9 Å². The standard InChI is InChI=1S/C18H25N3O3S2/c1-18(2,3)26(23,24)21-13-6-4-12(5-7-13)17(22)20-14-8-9-16-15(10-14)19-11-25-16/h8-13,21H,4-7H2,1-3H3,(H,20,22)/t12-,13-. The molecule has 142 valence electrons. The van der Waals surface area contributed by atoms with E-state index in [1.54, 1.807) is 37.6 Å². The minimum absolute atomic E-state index is 0.00305. The van der Waals surface area contributed by atoms with Gasteiger partial charge in [-0.1, -0.05) is 0 Å². The first kappa shape index (κ1) is 19.3. The van der Waals surface area contributed by atoms with E-state index in [0.29, 0.717) is 25.7 Å². The molecule has 0 unspecified atom stereocenters. The van der Waals surface area contributed by atoms with Crippen LogP contribution in [0.5, 0.6) is 0 Å². The molecule has 1 aliphatic carbocycles. The first-order chi connectivity index (χ1) is 12.2. The van der Waals surface area contributed by atoms with Crippen molar-refractivity contribution < 1.29 is 13.2 Å². The maximum atomic E-state index is 12.5. The van der Waals surface area contributed by atoms with E-state index in [4.69, 9.17) is 0 Å². The Labute approximate surface area is 158 Å². The quantitative estimate of drug-likeness (QED) is 0.829. The van der Waals surface area contributed by atoms with Gasteiger partial charge in [0.15, 0.2) is 0 Å². The molecule has 1 aromatic carbocycles. The Morgan fingerprint density at radius 1 is 1.19 bits per heavy atom. The van der Waals surface area contributed by atoms with Crippen molar-refractivity contribution in [1.82, 2.24) is 9.71 Å². The van der Waals surface area contributed by atoms with Crippen LogP contribution in [0.4, 0.5) is 5.69 Å². The number of hydrogen-bond donors (Lipinski definition) is 2. The van der Waals surface area contributed by atoms with Crippen LogP contribution in [0.2, 0.25) is 0 Å². The lowest BCUT2D eigenvalue weighted by Crippen LogP contribution is -2.46. The lowest BCUT2D eigenvalue weighted by atomic mass is 9.86. The fraction of sp³-hybridized carbons (Fsp3) is 0.556. The van der Waals surface area contributed by atoms with Gasteiger partial charge in [-0.2, -0.15) is 0 Å². The normalized spacial score (nSPS) is 21.7. The number of hydrogen-bond acceptors (Lipinski definition) is 5. The minimum Gasteiger partial charge on any atom is -0.326 e. The highest BCUT2D eigenvalue weighted by Gasteiger charge is 2.34. The van der Waals surface area contributed by atoms with Gasteiger partial charge in [-0.3, -0.25) is 4.79 Å². The van der Waals surface area contributed by atoms with E-state index in [9.17, 15) is 13.2 Å². The van der Waals surface area contributed by atoms with Gasteiger partial charge in [0.1, 0.15) is 0 Å². The number of carbonyl (C=O) groups is 1. The van der Waals surface area contributed by atoms with Crippen LogP contribution in [0, 0.1) is 5.92 Å². The lowest BCUT2D eigenvalue weighted by molar-refractivity contribution is -0.120. The van der Waals surface area contributed by atoms with E-state index in [1.165, 1.54) is 0 Å². The maximum absolute atomic E-state index is 12.5. The molecule has 1 fully saturated rings. The molecule has 0 radical (unpaired) electrons. The predicted molar refractivity (Wildman–Crippen MR) is 106 cm³/mol. The largest absolute Gasteiger partial charge is 0.326 e. The van der Waals surface area contributed by atoms with Gasteiger partial charge in [-0.15, -0.1) is 11.3 Å². The molecule has 3 rings (SSSR count). The molecule has 2 aromatic rings. The van der Waals surface area contributed by atoms with E-state index >= 15 is 0 Å². The summed E-state index contributed by atoms with van der Waals surface area (Å²) >= 11 is 1.57. The number of aromatic nitrogens is 1. The van der Waals surface area contributed by atoms with Crippen molar-refractivity contribution in [1.29, 1.82) is 0 Å². The summed E-state index contributed by atoms with van der Waals surface area (Å²) in [6.45, 7) is 5.06. The Hall–Kier alpha value is -1.51. The smallest absolute Gasteiger partial charge is 0.227 e. The summed E-state index contributed by atoms with van der Waals surface area (Å²) in [7, 11) is -3.36. The SMILES string of the molecule is CC(C)(C)S(=O)(=O)N[C@H]1CC[C@H](C(=O)Nc2ccc3scnc3c2)CC1. The molecule has 2 N–H and O–H groups in total. The second-order valence-corrected chi connectivity index (χ2v) is 11.2. The topological polar surface area (TPSA) is 88.2 Å². The average molecular weight is 396 g/mol. The Morgan fingerprint density at radius 3 is 2.54 bits per heavy atom. The van der Waals surface area contributed by atoms with Crippen molar-refractivity contribution in [2.24, 2.45) is 5.92 Å². The minimum atomic E-state index is -3.36. The fourth-order valence-corrected chi connectivity index (χ4v) is 4.74. The molecule has 1 aliphatic rings. The Balaban J connectivity index is 1.55. The first-order valence-electron chi connectivity index (χ1n) is 8.82. The van der Waals surface area contributed by atoms with E-state index < -0.39 is 14.8 Å². The van der Waals surface area contributed by atoms with Gasteiger partial charge in [0.25, 0.3) is 0 Å². The molecule has 8 heteroatoms. The van der Waals surface area contributed by atoms with Crippen LogP contribution in [0.3, 0.4) is 0 Å². The van der Waals surface area contributed by atoms with E-state index in [1.807, 2.05) is 18.2 Å². The summed E-state index contributed by atoms with van der Waals surface area (Å²) in [5, 5.41) is 2.97. The van der Waals surface area contributed by atoms with Crippen LogP contribution >= 0.6 is 11.3 Å². The molecule has 1 amide bonds. The first-order valence-corrected chi connectivity index (χ1v) is 11.2. The number of sulfonamides is 1. The zero-order chi connectivity index (χ0) is 18.9. The van der Waals surface area contributed by atoms with Crippen LogP contribution in [-0.4, -0.2) is 30.1 Å². The Bertz CT molecular complexity index is 892. The average Bonchev–Trinajstić information content (AvgIpc) is 3.01. The molecular formula is C18H25N3O3S2. The second kappa shape index (κ2) is 7.25. The number of carbonyl (C=O) groups excluding carboxylic acids is 1. The molecule has 0 aliphatic heterocycles. The fourth-order valence-electron chi connectivity index (χ4n) is 3.05. The van der Waals surface area contributed by atoms with Crippen LogP contribution in [0.25, 0.3) is 10.2 Å². The lowest BCUT2D eigenvalue weighted by Gasteiger charge is -2.30. The third-order valence-electron chi connectivity index (χ3n) is 4.82. The summed E-state index contributed by atoms with van der Waals surface area (Å²) < 4.78 is 27.6. The molecule has 26 heavy (non-hydrogen) atoms. The summed E-state index contributed by atoms with van der Waals surface area (Å²) in [4.78, 5) is 16.8. The molecule has 0 bridgehead atoms. The van der Waals surface area contributed by atoms with Crippen LogP contribution in [0.15, 0.2) is 23.7 Å². The molecule has 1 saturated carbocycles. The number of thiazole rings is 1. The van der Waals surface area contributed by atoms with E-state index in [2.05, 4.69) is 15.0 Å². The molecule has 1 aromatic heterocycles. The van der Waals surface area contributed by atoms with Crippen molar-refractivity contribution in [3.8, 4) is 0 Å². The zero-order valence-electron chi connectivity index (χ0n) is 15.3. The molecule has 0 atom stereocenters. The van der Waals surface area contributed by atoms with Crippen molar-refractivity contribution in [3.63, 3.8) is 0 Å². The molecule has 0 saturated heterocycles. The molecule has 1 heterocycles. The molecular weight excluding hydrogens is 370 g/mol. The van der Waals surface area contributed by atoms with Crippen molar-refractivity contribution in [2.75, 3.05) is 5.32 Å². The van der Waals surface area contributed by atoms with Crippen LogP contribution in [0.1, 0.15) is 46.5 Å². The van der Waals surface area contributed by atoms with Crippen LogP contribution < -0.4 is 10.0 Å². The number of fused-ring (bicyclic) bond motifs is 1. The highest BCUT2D eigenvalue weighted by Crippen LogP contribution is 2.28. The van der Waals surface area contributed by atoms with Crippen molar-refractivity contribution in [2.45, 2.75) is 57.2 Å². The summed E-state index contributed by atoms with van der Waals surface area (Å²) in [5.41, 5.74) is 3.42. The second-order valence-electron chi connectivity index (χ2n) is 7.81. The molecule has 6 nitrogen and oxygen atoms in total. The summed E-state index contributed by atoms with van der Waals surface area (Å²) in [6.07, 6.45) is 2.72.